The molecule has 5 nitrogen and oxygen atoms in total. The first-order valence-electron chi connectivity index (χ1n) is 7.29. The highest BCUT2D eigenvalue weighted by molar-refractivity contribution is 5.32. The van der Waals surface area contributed by atoms with Crippen molar-refractivity contribution in [2.24, 2.45) is 0 Å². The Morgan fingerprint density at radius 2 is 2.14 bits per heavy atom. The fraction of sp³-hybridized carbons (Fsp3) is 0.625. The number of aliphatic hydroxyl groups excluding tert-OH is 1. The zero-order valence-electron chi connectivity index (χ0n) is 13.0. The number of aliphatic hydroxyl groups is 1. The zero-order valence-corrected chi connectivity index (χ0v) is 13.0. The third kappa shape index (κ3) is 4.59. The number of methoxy groups -OCH3 is 1. The second-order valence-corrected chi connectivity index (χ2v) is 5.95. The van der Waals surface area contributed by atoms with Crippen LogP contribution in [0.1, 0.15) is 13.8 Å². The number of ether oxygens (including phenoxy) is 3. The molecule has 1 aromatic rings. The molecule has 0 aliphatic carbocycles. The van der Waals surface area contributed by atoms with Crippen LogP contribution >= 0.6 is 0 Å². The Morgan fingerprint density at radius 3 is 2.86 bits per heavy atom. The Balaban J connectivity index is 1.82. The lowest BCUT2D eigenvalue weighted by molar-refractivity contribution is -0.0703. The van der Waals surface area contributed by atoms with Gasteiger partial charge in [0.15, 0.2) is 0 Å². The number of hydrogen-bond acceptors (Lipinski definition) is 5. The molecule has 1 atom stereocenters. The summed E-state index contributed by atoms with van der Waals surface area (Å²) in [5.41, 5.74) is -0.0464. The monoisotopic (exact) mass is 295 g/mol. The molecule has 1 aromatic carbocycles. The van der Waals surface area contributed by atoms with Crippen LogP contribution < -0.4 is 9.47 Å². The summed E-state index contributed by atoms with van der Waals surface area (Å²) < 4.78 is 16.3. The standard InChI is InChI=1S/C16H25NO4/c1-16(2)12-20-8-7-17(16)10-13(18)11-21-15-6-4-5-14(9-15)19-3/h4-6,9,13,18H,7-8,10-12H2,1-3H3. The summed E-state index contributed by atoms with van der Waals surface area (Å²) in [6.07, 6.45) is -0.534. The number of β-amino-alcohol motifs (C(OH)–C–C–N with tert-alkyl or cyclic N) is 1. The molecule has 0 amide bonds. The molecule has 0 radical (unpaired) electrons. The van der Waals surface area contributed by atoms with Gasteiger partial charge in [-0.15, -0.1) is 0 Å². The van der Waals surface area contributed by atoms with Crippen LogP contribution in [0.3, 0.4) is 0 Å². The summed E-state index contributed by atoms with van der Waals surface area (Å²) in [6, 6.07) is 7.39. The molecule has 21 heavy (non-hydrogen) atoms. The fourth-order valence-corrected chi connectivity index (χ4v) is 2.42. The average molecular weight is 295 g/mol. The van der Waals surface area contributed by atoms with Crippen LogP contribution in [-0.4, -0.2) is 61.7 Å². The molecule has 0 bridgehead atoms. The molecule has 1 unspecified atom stereocenters. The first kappa shape index (κ1) is 16.1. The number of morpholine rings is 1. The Morgan fingerprint density at radius 1 is 1.38 bits per heavy atom. The fourth-order valence-electron chi connectivity index (χ4n) is 2.42. The summed E-state index contributed by atoms with van der Waals surface area (Å²) in [7, 11) is 1.62. The van der Waals surface area contributed by atoms with Crippen LogP contribution in [0.2, 0.25) is 0 Å². The van der Waals surface area contributed by atoms with E-state index in [1.54, 1.807) is 7.11 Å². The van der Waals surface area contributed by atoms with E-state index in [2.05, 4.69) is 18.7 Å². The van der Waals surface area contributed by atoms with Gasteiger partial charge in [-0.25, -0.2) is 0 Å². The maximum atomic E-state index is 10.2. The molecule has 1 aliphatic rings. The third-order valence-electron chi connectivity index (χ3n) is 3.73. The first-order chi connectivity index (χ1) is 10.0. The maximum absolute atomic E-state index is 10.2. The quantitative estimate of drug-likeness (QED) is 0.863. The van der Waals surface area contributed by atoms with E-state index in [-0.39, 0.29) is 12.1 Å². The third-order valence-corrected chi connectivity index (χ3v) is 3.73. The molecule has 1 saturated heterocycles. The minimum Gasteiger partial charge on any atom is -0.497 e. The van der Waals surface area contributed by atoms with Crippen LogP contribution in [0.15, 0.2) is 24.3 Å². The van der Waals surface area contributed by atoms with Gasteiger partial charge in [0.25, 0.3) is 0 Å². The van der Waals surface area contributed by atoms with Crippen molar-refractivity contribution < 1.29 is 19.3 Å². The van der Waals surface area contributed by atoms with Gasteiger partial charge in [-0.05, 0) is 26.0 Å². The van der Waals surface area contributed by atoms with Crippen molar-refractivity contribution in [3.05, 3.63) is 24.3 Å². The van der Waals surface area contributed by atoms with E-state index < -0.39 is 6.10 Å². The second kappa shape index (κ2) is 7.11. The molecule has 2 rings (SSSR count). The van der Waals surface area contributed by atoms with Gasteiger partial charge in [-0.3, -0.25) is 4.90 Å². The van der Waals surface area contributed by atoms with Crippen molar-refractivity contribution >= 4 is 0 Å². The largest absolute Gasteiger partial charge is 0.497 e. The molecule has 1 N–H and O–H groups in total. The first-order valence-corrected chi connectivity index (χ1v) is 7.29. The molecular formula is C16H25NO4. The van der Waals surface area contributed by atoms with E-state index in [4.69, 9.17) is 14.2 Å². The van der Waals surface area contributed by atoms with Crippen LogP contribution in [0, 0.1) is 0 Å². The van der Waals surface area contributed by atoms with Crippen molar-refractivity contribution in [2.45, 2.75) is 25.5 Å². The summed E-state index contributed by atoms with van der Waals surface area (Å²) in [5, 5.41) is 10.2. The molecule has 1 heterocycles. The van der Waals surface area contributed by atoms with Gasteiger partial charge >= 0.3 is 0 Å². The minimum absolute atomic E-state index is 0.0464. The summed E-state index contributed by atoms with van der Waals surface area (Å²) in [6.45, 7) is 7.34. The van der Waals surface area contributed by atoms with Crippen LogP contribution in [0.25, 0.3) is 0 Å². The molecular weight excluding hydrogens is 270 g/mol. The van der Waals surface area contributed by atoms with Crippen molar-refractivity contribution in [3.63, 3.8) is 0 Å². The van der Waals surface area contributed by atoms with E-state index >= 15 is 0 Å². The normalized spacial score (nSPS) is 20.0. The summed E-state index contributed by atoms with van der Waals surface area (Å²) in [5.74, 6) is 1.45. The van der Waals surface area contributed by atoms with E-state index in [0.29, 0.717) is 25.5 Å². The lowest BCUT2D eigenvalue weighted by atomic mass is 10.0. The SMILES string of the molecule is COc1cccc(OCC(O)CN2CCOCC2(C)C)c1. The van der Waals surface area contributed by atoms with Gasteiger partial charge in [-0.1, -0.05) is 6.07 Å². The van der Waals surface area contributed by atoms with Gasteiger partial charge < -0.3 is 19.3 Å². The predicted molar refractivity (Wildman–Crippen MR) is 81.0 cm³/mol. The number of hydrogen-bond donors (Lipinski definition) is 1. The van der Waals surface area contributed by atoms with Gasteiger partial charge in [0.05, 0.1) is 20.3 Å². The van der Waals surface area contributed by atoms with Crippen LogP contribution in [0.4, 0.5) is 0 Å². The number of nitrogens with zero attached hydrogens (tertiary/aromatic N) is 1. The van der Waals surface area contributed by atoms with E-state index in [1.807, 2.05) is 24.3 Å². The maximum Gasteiger partial charge on any atom is 0.123 e. The predicted octanol–water partition coefficient (Wildman–Crippen LogP) is 1.55. The smallest absolute Gasteiger partial charge is 0.123 e. The highest BCUT2D eigenvalue weighted by atomic mass is 16.5. The van der Waals surface area contributed by atoms with Gasteiger partial charge in [0.1, 0.15) is 24.2 Å². The lowest BCUT2D eigenvalue weighted by Crippen LogP contribution is -2.55. The number of benzene rings is 1. The van der Waals surface area contributed by atoms with E-state index in [9.17, 15) is 5.11 Å². The van der Waals surface area contributed by atoms with Crippen molar-refractivity contribution in [1.29, 1.82) is 0 Å². The Labute approximate surface area is 126 Å². The molecule has 118 valence electrons. The average Bonchev–Trinajstić information content (AvgIpc) is 2.47. The second-order valence-electron chi connectivity index (χ2n) is 5.95. The highest BCUT2D eigenvalue weighted by Crippen LogP contribution is 2.21. The summed E-state index contributed by atoms with van der Waals surface area (Å²) >= 11 is 0. The Bertz CT molecular complexity index is 450. The van der Waals surface area contributed by atoms with Crippen molar-refractivity contribution in [2.75, 3.05) is 40.0 Å². The van der Waals surface area contributed by atoms with E-state index in [1.165, 1.54) is 0 Å². The molecule has 0 aromatic heterocycles. The number of rotatable bonds is 6. The highest BCUT2D eigenvalue weighted by Gasteiger charge is 2.31. The molecule has 0 spiro atoms. The molecule has 1 fully saturated rings. The van der Waals surface area contributed by atoms with Crippen molar-refractivity contribution in [1.82, 2.24) is 4.90 Å². The van der Waals surface area contributed by atoms with Gasteiger partial charge in [0, 0.05) is 24.7 Å². The minimum atomic E-state index is -0.534. The lowest BCUT2D eigenvalue weighted by Gasteiger charge is -2.42. The van der Waals surface area contributed by atoms with Gasteiger partial charge in [0.2, 0.25) is 0 Å². The van der Waals surface area contributed by atoms with Gasteiger partial charge in [-0.2, -0.15) is 0 Å². The van der Waals surface area contributed by atoms with Crippen LogP contribution in [0.5, 0.6) is 11.5 Å². The molecule has 1 aliphatic heterocycles. The van der Waals surface area contributed by atoms with Crippen molar-refractivity contribution in [3.8, 4) is 11.5 Å². The topological polar surface area (TPSA) is 51.2 Å². The molecule has 0 saturated carbocycles. The van der Waals surface area contributed by atoms with Crippen LogP contribution in [-0.2, 0) is 4.74 Å². The Hall–Kier alpha value is -1.30. The Kier molecular flexibility index (Phi) is 5.45. The molecule has 5 heteroatoms. The van der Waals surface area contributed by atoms with E-state index in [0.717, 1.165) is 12.3 Å². The zero-order chi connectivity index (χ0) is 15.3. The summed E-state index contributed by atoms with van der Waals surface area (Å²) in [4.78, 5) is 2.25.